The zero-order valence-corrected chi connectivity index (χ0v) is 15.6. The van der Waals surface area contributed by atoms with Crippen LogP contribution in [0.2, 0.25) is 5.02 Å². The quantitative estimate of drug-likeness (QED) is 0.593. The molecule has 28 heavy (non-hydrogen) atoms. The summed E-state index contributed by atoms with van der Waals surface area (Å²) >= 11 is 5.83. The summed E-state index contributed by atoms with van der Waals surface area (Å²) in [5.74, 6) is -2.00. The molecule has 0 fully saturated rings. The molecule has 0 bridgehead atoms. The molecule has 144 valence electrons. The Labute approximate surface area is 166 Å². The zero-order valence-electron chi connectivity index (χ0n) is 14.8. The number of amides is 3. The van der Waals surface area contributed by atoms with Crippen LogP contribution in [0.4, 0.5) is 5.69 Å². The van der Waals surface area contributed by atoms with Gasteiger partial charge in [-0.25, -0.2) is 0 Å². The van der Waals surface area contributed by atoms with Gasteiger partial charge >= 0.3 is 5.97 Å². The summed E-state index contributed by atoms with van der Waals surface area (Å²) in [5.41, 5.74) is 1.61. The topological polar surface area (TPSA) is 92.8 Å². The van der Waals surface area contributed by atoms with Gasteiger partial charge in [-0.15, -0.1) is 0 Å². The predicted molar refractivity (Wildman–Crippen MR) is 102 cm³/mol. The van der Waals surface area contributed by atoms with Crippen LogP contribution in [-0.2, 0) is 25.5 Å². The first-order valence-electron chi connectivity index (χ1n) is 8.57. The monoisotopic (exact) mass is 400 g/mol. The molecule has 0 atom stereocenters. The van der Waals surface area contributed by atoms with Gasteiger partial charge in [0.2, 0.25) is 5.91 Å². The second-order valence-electron chi connectivity index (χ2n) is 6.15. The molecule has 7 nitrogen and oxygen atoms in total. The molecule has 1 aliphatic heterocycles. The third kappa shape index (κ3) is 4.75. The third-order valence-corrected chi connectivity index (χ3v) is 4.38. The number of imide groups is 1. The minimum Gasteiger partial charge on any atom is -0.456 e. The van der Waals surface area contributed by atoms with Crippen molar-refractivity contribution in [2.75, 3.05) is 18.5 Å². The van der Waals surface area contributed by atoms with E-state index >= 15 is 0 Å². The SMILES string of the molecule is O=C(COC(=O)CCN1C(=O)Cc2ccccc2C1=O)Nc1cccc(Cl)c1. The molecule has 0 saturated carbocycles. The van der Waals surface area contributed by atoms with Crippen molar-refractivity contribution in [3.63, 3.8) is 0 Å². The molecule has 0 aromatic heterocycles. The number of hydrogen-bond acceptors (Lipinski definition) is 5. The van der Waals surface area contributed by atoms with Gasteiger partial charge in [0, 0.05) is 22.8 Å². The Bertz CT molecular complexity index is 944. The molecule has 0 spiro atoms. The number of benzene rings is 2. The molecular weight excluding hydrogens is 384 g/mol. The Balaban J connectivity index is 1.47. The van der Waals surface area contributed by atoms with E-state index in [1.54, 1.807) is 48.5 Å². The normalized spacial score (nSPS) is 13.1. The molecule has 1 heterocycles. The van der Waals surface area contributed by atoms with Crippen LogP contribution < -0.4 is 5.32 Å². The number of ether oxygens (including phenoxy) is 1. The van der Waals surface area contributed by atoms with Crippen LogP contribution in [0.25, 0.3) is 0 Å². The lowest BCUT2D eigenvalue weighted by atomic mass is 9.98. The number of nitrogens with zero attached hydrogens (tertiary/aromatic N) is 1. The number of carbonyl (C=O) groups excluding carboxylic acids is 4. The summed E-state index contributed by atoms with van der Waals surface area (Å²) in [6, 6.07) is 13.4. The molecule has 3 rings (SSSR count). The lowest BCUT2D eigenvalue weighted by Crippen LogP contribution is -2.43. The molecule has 1 aliphatic rings. The largest absolute Gasteiger partial charge is 0.456 e. The third-order valence-electron chi connectivity index (χ3n) is 4.15. The number of rotatable bonds is 6. The fourth-order valence-electron chi connectivity index (χ4n) is 2.81. The second kappa shape index (κ2) is 8.67. The first-order chi connectivity index (χ1) is 13.4. The molecule has 0 unspecified atom stereocenters. The molecular formula is C20H17ClN2O5. The van der Waals surface area contributed by atoms with Gasteiger partial charge < -0.3 is 10.1 Å². The summed E-state index contributed by atoms with van der Waals surface area (Å²) in [4.78, 5) is 49.3. The van der Waals surface area contributed by atoms with Crippen molar-refractivity contribution >= 4 is 41.0 Å². The maximum atomic E-state index is 12.4. The summed E-state index contributed by atoms with van der Waals surface area (Å²) in [5, 5.41) is 3.01. The number of esters is 1. The van der Waals surface area contributed by atoms with Crippen LogP contribution in [0.1, 0.15) is 22.3 Å². The summed E-state index contributed by atoms with van der Waals surface area (Å²) in [7, 11) is 0. The van der Waals surface area contributed by atoms with Gasteiger partial charge in [0.25, 0.3) is 11.8 Å². The van der Waals surface area contributed by atoms with Crippen LogP contribution in [0.5, 0.6) is 0 Å². The van der Waals surface area contributed by atoms with E-state index in [9.17, 15) is 19.2 Å². The molecule has 2 aromatic carbocycles. The van der Waals surface area contributed by atoms with Crippen molar-refractivity contribution < 1.29 is 23.9 Å². The number of nitrogens with one attached hydrogen (secondary N) is 1. The first kappa shape index (κ1) is 19.6. The Kier molecular flexibility index (Phi) is 6.06. The van der Waals surface area contributed by atoms with Gasteiger partial charge in [0.15, 0.2) is 6.61 Å². The Morgan fingerprint density at radius 1 is 1.11 bits per heavy atom. The van der Waals surface area contributed by atoms with Crippen molar-refractivity contribution in [2.24, 2.45) is 0 Å². The van der Waals surface area contributed by atoms with Crippen LogP contribution in [0, 0.1) is 0 Å². The van der Waals surface area contributed by atoms with Gasteiger partial charge in [-0.1, -0.05) is 35.9 Å². The van der Waals surface area contributed by atoms with Crippen LogP contribution in [0.3, 0.4) is 0 Å². The van der Waals surface area contributed by atoms with E-state index in [-0.39, 0.29) is 25.3 Å². The van der Waals surface area contributed by atoms with E-state index in [2.05, 4.69) is 5.32 Å². The van der Waals surface area contributed by atoms with Gasteiger partial charge in [0.1, 0.15) is 0 Å². The van der Waals surface area contributed by atoms with Gasteiger partial charge in [0.05, 0.1) is 12.8 Å². The van der Waals surface area contributed by atoms with Crippen LogP contribution in [0.15, 0.2) is 48.5 Å². The fourth-order valence-corrected chi connectivity index (χ4v) is 3.00. The summed E-state index contributed by atoms with van der Waals surface area (Å²) < 4.78 is 4.90. The molecule has 0 radical (unpaired) electrons. The van der Waals surface area contributed by atoms with E-state index in [0.29, 0.717) is 21.8 Å². The minimum absolute atomic E-state index is 0.0965. The molecule has 8 heteroatoms. The Morgan fingerprint density at radius 3 is 2.68 bits per heavy atom. The molecule has 0 aliphatic carbocycles. The first-order valence-corrected chi connectivity index (χ1v) is 8.95. The second-order valence-corrected chi connectivity index (χ2v) is 6.59. The van der Waals surface area contributed by atoms with Crippen molar-refractivity contribution in [1.82, 2.24) is 4.90 Å². The fraction of sp³-hybridized carbons (Fsp3) is 0.200. The lowest BCUT2D eigenvalue weighted by molar-refractivity contribution is -0.147. The highest BCUT2D eigenvalue weighted by molar-refractivity contribution is 6.30. The lowest BCUT2D eigenvalue weighted by Gasteiger charge is -2.26. The van der Waals surface area contributed by atoms with E-state index in [1.165, 1.54) is 0 Å². The molecule has 1 N–H and O–H groups in total. The maximum absolute atomic E-state index is 12.4. The highest BCUT2D eigenvalue weighted by Gasteiger charge is 2.30. The van der Waals surface area contributed by atoms with Gasteiger partial charge in [-0.3, -0.25) is 24.1 Å². The van der Waals surface area contributed by atoms with Crippen molar-refractivity contribution in [1.29, 1.82) is 0 Å². The van der Waals surface area contributed by atoms with E-state index < -0.39 is 24.4 Å². The molecule has 0 saturated heterocycles. The smallest absolute Gasteiger partial charge is 0.308 e. The average Bonchev–Trinajstić information content (AvgIpc) is 2.66. The molecule has 2 aromatic rings. The maximum Gasteiger partial charge on any atom is 0.308 e. The molecule has 3 amide bonds. The Morgan fingerprint density at radius 2 is 1.89 bits per heavy atom. The minimum atomic E-state index is -0.680. The van der Waals surface area contributed by atoms with Gasteiger partial charge in [-0.2, -0.15) is 0 Å². The van der Waals surface area contributed by atoms with E-state index in [1.807, 2.05) is 0 Å². The van der Waals surface area contributed by atoms with Crippen molar-refractivity contribution in [3.05, 3.63) is 64.7 Å². The number of fused-ring (bicyclic) bond motifs is 1. The number of halogens is 1. The van der Waals surface area contributed by atoms with E-state index in [0.717, 1.165) is 4.90 Å². The van der Waals surface area contributed by atoms with Crippen LogP contribution >= 0.6 is 11.6 Å². The number of hydrogen-bond donors (Lipinski definition) is 1. The highest BCUT2D eigenvalue weighted by atomic mass is 35.5. The average molecular weight is 401 g/mol. The predicted octanol–water partition coefficient (Wildman–Crippen LogP) is 2.44. The van der Waals surface area contributed by atoms with Crippen LogP contribution in [-0.4, -0.2) is 41.7 Å². The number of anilines is 1. The van der Waals surface area contributed by atoms with Crippen molar-refractivity contribution in [3.8, 4) is 0 Å². The highest BCUT2D eigenvalue weighted by Crippen LogP contribution is 2.20. The Hall–Kier alpha value is -3.19. The number of carbonyl (C=O) groups is 4. The van der Waals surface area contributed by atoms with Crippen molar-refractivity contribution in [2.45, 2.75) is 12.8 Å². The summed E-state index contributed by atoms with van der Waals surface area (Å²) in [6.07, 6.45) is -0.0803. The van der Waals surface area contributed by atoms with E-state index in [4.69, 9.17) is 16.3 Å². The summed E-state index contributed by atoms with van der Waals surface area (Å²) in [6.45, 7) is -0.573. The standard InChI is InChI=1S/C20H17ClN2O5/c21-14-5-3-6-15(11-14)22-17(24)12-28-19(26)8-9-23-18(25)10-13-4-1-2-7-16(13)20(23)27/h1-7,11H,8-10,12H2,(H,22,24). The van der Waals surface area contributed by atoms with Gasteiger partial charge in [-0.05, 0) is 29.8 Å². The zero-order chi connectivity index (χ0) is 20.1.